The molecular weight excluding hydrogens is 461 g/mol. The van der Waals surface area contributed by atoms with Gasteiger partial charge in [0.1, 0.15) is 0 Å². The van der Waals surface area contributed by atoms with Gasteiger partial charge in [0.25, 0.3) is 0 Å². The molecule has 0 bridgehead atoms. The highest BCUT2D eigenvalue weighted by Gasteiger charge is 2.20. The molecule has 156 valence electrons. The number of aryl methyl sites for hydroxylation is 1. The molecule has 0 spiro atoms. The van der Waals surface area contributed by atoms with Gasteiger partial charge in [-0.15, -0.1) is 24.0 Å². The number of hydrogen-bond donors (Lipinski definition) is 3. The Morgan fingerprint density at radius 2 is 2.04 bits per heavy atom. The fraction of sp³-hybridized carbons (Fsp3) is 0.591. The van der Waals surface area contributed by atoms with Crippen LogP contribution in [0.3, 0.4) is 0 Å². The van der Waals surface area contributed by atoms with E-state index in [4.69, 9.17) is 0 Å². The lowest BCUT2D eigenvalue weighted by molar-refractivity contribution is 0.187. The van der Waals surface area contributed by atoms with E-state index in [0.29, 0.717) is 6.04 Å². The van der Waals surface area contributed by atoms with Crippen molar-refractivity contribution in [1.29, 1.82) is 0 Å². The molecular formula is C22H36IN5. The molecule has 0 atom stereocenters. The number of benzene rings is 1. The third-order valence-electron chi connectivity index (χ3n) is 5.47. The molecule has 0 amide bonds. The molecule has 6 heteroatoms. The minimum Gasteiger partial charge on any atom is -0.361 e. The number of guanidine groups is 1. The molecule has 1 aliphatic heterocycles. The number of para-hydroxylation sites is 1. The zero-order valence-corrected chi connectivity index (χ0v) is 20.0. The second-order valence-corrected chi connectivity index (χ2v) is 8.17. The number of halogens is 1. The van der Waals surface area contributed by atoms with E-state index in [2.05, 4.69) is 70.7 Å². The lowest BCUT2D eigenvalue weighted by Gasteiger charge is -2.34. The number of fused-ring (bicyclic) bond motifs is 1. The SMILES string of the molecule is CN=C(NCCc1c[nH]c2c(C)cccc12)NC1CCN(CC(C)C)CC1.I. The van der Waals surface area contributed by atoms with Crippen molar-refractivity contribution >= 4 is 40.8 Å². The van der Waals surface area contributed by atoms with Gasteiger partial charge in [-0.2, -0.15) is 0 Å². The maximum absolute atomic E-state index is 4.42. The van der Waals surface area contributed by atoms with Crippen LogP contribution in [-0.2, 0) is 6.42 Å². The summed E-state index contributed by atoms with van der Waals surface area (Å²) < 4.78 is 0. The van der Waals surface area contributed by atoms with Crippen molar-refractivity contribution in [3.05, 3.63) is 35.5 Å². The molecule has 1 saturated heterocycles. The second kappa shape index (κ2) is 11.0. The van der Waals surface area contributed by atoms with E-state index in [9.17, 15) is 0 Å². The van der Waals surface area contributed by atoms with Crippen molar-refractivity contribution in [3.63, 3.8) is 0 Å². The molecule has 0 radical (unpaired) electrons. The summed E-state index contributed by atoms with van der Waals surface area (Å²) in [6, 6.07) is 7.01. The largest absolute Gasteiger partial charge is 0.361 e. The maximum Gasteiger partial charge on any atom is 0.191 e. The standard InChI is InChI=1S/C22H35N5.HI/c1-16(2)15-27-12-9-19(10-13-27)26-22(23-4)24-11-8-18-14-25-21-17(3)6-5-7-20(18)21;/h5-7,14,16,19,25H,8-13,15H2,1-4H3,(H2,23,24,26);1H. The monoisotopic (exact) mass is 497 g/mol. The number of rotatable bonds is 6. The van der Waals surface area contributed by atoms with Gasteiger partial charge < -0.3 is 20.5 Å². The van der Waals surface area contributed by atoms with E-state index in [1.807, 2.05) is 7.05 Å². The summed E-state index contributed by atoms with van der Waals surface area (Å²) in [5.41, 5.74) is 3.91. The van der Waals surface area contributed by atoms with Gasteiger partial charge in [-0.05, 0) is 43.2 Å². The Hall–Kier alpha value is -1.28. The van der Waals surface area contributed by atoms with E-state index in [-0.39, 0.29) is 24.0 Å². The van der Waals surface area contributed by atoms with Gasteiger partial charge in [0.05, 0.1) is 0 Å². The first kappa shape index (κ1) is 23.0. The van der Waals surface area contributed by atoms with Crippen LogP contribution in [0, 0.1) is 12.8 Å². The Morgan fingerprint density at radius 1 is 1.29 bits per heavy atom. The predicted octanol–water partition coefficient (Wildman–Crippen LogP) is 3.92. The Kier molecular flexibility index (Phi) is 9.08. The highest BCUT2D eigenvalue weighted by Crippen LogP contribution is 2.21. The maximum atomic E-state index is 4.42. The highest BCUT2D eigenvalue weighted by molar-refractivity contribution is 14.0. The van der Waals surface area contributed by atoms with Crippen LogP contribution in [0.25, 0.3) is 10.9 Å². The Balaban J connectivity index is 0.00000280. The van der Waals surface area contributed by atoms with Gasteiger partial charge in [0.2, 0.25) is 0 Å². The van der Waals surface area contributed by atoms with Crippen molar-refractivity contribution in [2.75, 3.05) is 33.2 Å². The van der Waals surface area contributed by atoms with Crippen molar-refractivity contribution in [2.24, 2.45) is 10.9 Å². The molecule has 28 heavy (non-hydrogen) atoms. The topological polar surface area (TPSA) is 55.5 Å². The average molecular weight is 497 g/mol. The Labute approximate surface area is 186 Å². The summed E-state index contributed by atoms with van der Waals surface area (Å²) in [4.78, 5) is 10.4. The van der Waals surface area contributed by atoms with Gasteiger partial charge in [-0.3, -0.25) is 4.99 Å². The first-order valence-electron chi connectivity index (χ1n) is 10.3. The summed E-state index contributed by atoms with van der Waals surface area (Å²) in [7, 11) is 1.86. The van der Waals surface area contributed by atoms with E-state index in [0.717, 1.165) is 24.8 Å². The zero-order chi connectivity index (χ0) is 19.2. The third kappa shape index (κ3) is 6.11. The molecule has 3 rings (SSSR count). The van der Waals surface area contributed by atoms with Crippen LogP contribution >= 0.6 is 24.0 Å². The average Bonchev–Trinajstić information content (AvgIpc) is 3.06. The number of aliphatic imine (C=N–C) groups is 1. The van der Waals surface area contributed by atoms with Crippen molar-refractivity contribution in [3.8, 4) is 0 Å². The molecule has 0 aliphatic carbocycles. The molecule has 2 heterocycles. The Bertz CT molecular complexity index is 759. The molecule has 5 nitrogen and oxygen atoms in total. The second-order valence-electron chi connectivity index (χ2n) is 8.17. The highest BCUT2D eigenvalue weighted by atomic mass is 127. The summed E-state index contributed by atoms with van der Waals surface area (Å²) in [6.45, 7) is 11.2. The van der Waals surface area contributed by atoms with Crippen molar-refractivity contribution < 1.29 is 0 Å². The number of H-pyrrole nitrogens is 1. The van der Waals surface area contributed by atoms with Gasteiger partial charge in [0.15, 0.2) is 5.96 Å². The van der Waals surface area contributed by atoms with Gasteiger partial charge in [-0.25, -0.2) is 0 Å². The number of nitrogens with zero attached hydrogens (tertiary/aromatic N) is 2. The number of aromatic amines is 1. The number of likely N-dealkylation sites (tertiary alicyclic amines) is 1. The molecule has 1 aromatic heterocycles. The first-order valence-corrected chi connectivity index (χ1v) is 10.3. The fourth-order valence-corrected chi connectivity index (χ4v) is 4.05. The van der Waals surface area contributed by atoms with Gasteiger partial charge >= 0.3 is 0 Å². The van der Waals surface area contributed by atoms with Crippen molar-refractivity contribution in [1.82, 2.24) is 20.5 Å². The van der Waals surface area contributed by atoms with Crippen LogP contribution in [0.2, 0.25) is 0 Å². The normalized spacial score (nSPS) is 16.4. The van der Waals surface area contributed by atoms with E-state index in [1.54, 1.807) is 0 Å². The molecule has 1 fully saturated rings. The fourth-order valence-electron chi connectivity index (χ4n) is 4.05. The summed E-state index contributed by atoms with van der Waals surface area (Å²) in [5.74, 6) is 1.67. The summed E-state index contributed by atoms with van der Waals surface area (Å²) in [5, 5.41) is 8.43. The zero-order valence-electron chi connectivity index (χ0n) is 17.7. The molecule has 2 aromatic rings. The quantitative estimate of drug-likeness (QED) is 0.322. The smallest absolute Gasteiger partial charge is 0.191 e. The number of hydrogen-bond acceptors (Lipinski definition) is 2. The van der Waals surface area contributed by atoms with Gasteiger partial charge in [0, 0.05) is 56.4 Å². The molecule has 0 saturated carbocycles. The van der Waals surface area contributed by atoms with E-state index >= 15 is 0 Å². The third-order valence-corrected chi connectivity index (χ3v) is 5.47. The van der Waals surface area contributed by atoms with Crippen LogP contribution in [0.1, 0.15) is 37.8 Å². The molecule has 1 aromatic carbocycles. The summed E-state index contributed by atoms with van der Waals surface area (Å²) >= 11 is 0. The first-order chi connectivity index (χ1) is 13.1. The summed E-state index contributed by atoms with van der Waals surface area (Å²) in [6.07, 6.45) is 5.50. The molecule has 1 aliphatic rings. The molecule has 3 N–H and O–H groups in total. The predicted molar refractivity (Wildman–Crippen MR) is 131 cm³/mol. The van der Waals surface area contributed by atoms with E-state index < -0.39 is 0 Å². The van der Waals surface area contributed by atoms with Crippen LogP contribution in [0.5, 0.6) is 0 Å². The lowest BCUT2D eigenvalue weighted by atomic mass is 10.0. The number of nitrogens with one attached hydrogen (secondary N) is 3. The lowest BCUT2D eigenvalue weighted by Crippen LogP contribution is -2.49. The van der Waals surface area contributed by atoms with Crippen LogP contribution in [0.4, 0.5) is 0 Å². The van der Waals surface area contributed by atoms with E-state index in [1.165, 1.54) is 54.5 Å². The number of piperidine rings is 1. The van der Waals surface area contributed by atoms with Crippen molar-refractivity contribution in [2.45, 2.75) is 46.1 Å². The van der Waals surface area contributed by atoms with Gasteiger partial charge in [-0.1, -0.05) is 32.0 Å². The van der Waals surface area contributed by atoms with Crippen LogP contribution in [0.15, 0.2) is 29.4 Å². The van der Waals surface area contributed by atoms with Crippen LogP contribution in [-0.4, -0.2) is 55.1 Å². The Morgan fingerprint density at radius 3 is 2.71 bits per heavy atom. The number of aromatic nitrogens is 1. The minimum absolute atomic E-state index is 0. The molecule has 0 unspecified atom stereocenters. The minimum atomic E-state index is 0. The van der Waals surface area contributed by atoms with Crippen LogP contribution < -0.4 is 10.6 Å².